The molecule has 0 heterocycles. The molecule has 0 aliphatic rings. The summed E-state index contributed by atoms with van der Waals surface area (Å²) in [6, 6.07) is 0. The van der Waals surface area contributed by atoms with E-state index in [1.807, 2.05) is 0 Å². The molecule has 0 radical (unpaired) electrons. The Hall–Kier alpha value is -0.430. The standard InChI is InChI=1S/CH2NO2P/c2-1-4-5-3/h1-2H/p+1. The molecule has 0 aromatic carbocycles. The zero-order valence-electron chi connectivity index (χ0n) is 2.42. The highest BCUT2D eigenvalue weighted by atomic mass is 31.1. The summed E-state index contributed by atoms with van der Waals surface area (Å²) < 4.78 is 13.1. The molecule has 28 valence electrons. The van der Waals surface area contributed by atoms with Crippen LogP contribution in [-0.4, -0.2) is 6.40 Å². The summed E-state index contributed by atoms with van der Waals surface area (Å²) in [6.45, 7) is 0. The molecule has 0 atom stereocenters. The Labute approximate surface area is 30.7 Å². The molecular weight excluding hydrogens is 89.0 g/mol. The molecule has 0 aliphatic carbocycles. The van der Waals surface area contributed by atoms with Gasteiger partial charge in [0.15, 0.2) is 0 Å². The second-order valence-electron chi connectivity index (χ2n) is 0.316. The Morgan fingerprint density at radius 1 is 2.00 bits per heavy atom. The van der Waals surface area contributed by atoms with Gasteiger partial charge in [-0.25, -0.2) is 9.97 Å². The third-order valence-corrected chi connectivity index (χ3v) is 0.312. The number of hydrogen-bond donors (Lipinski definition) is 1. The smallest absolute Gasteiger partial charge is 0.357 e. The fourth-order valence-corrected chi connectivity index (χ4v) is 0.0745. The molecule has 0 aromatic rings. The van der Waals surface area contributed by atoms with Crippen LogP contribution in [0, 0.1) is 0 Å². The molecule has 0 saturated heterocycles. The van der Waals surface area contributed by atoms with Crippen molar-refractivity contribution in [3.63, 3.8) is 0 Å². The summed E-state index contributed by atoms with van der Waals surface area (Å²) in [6.07, 6.45) is 0.856. The van der Waals surface area contributed by atoms with E-state index in [0.717, 1.165) is 6.40 Å². The highest BCUT2D eigenvalue weighted by molar-refractivity contribution is 7.18. The lowest BCUT2D eigenvalue weighted by atomic mass is 11.6. The van der Waals surface area contributed by atoms with Crippen molar-refractivity contribution in [2.45, 2.75) is 0 Å². The van der Waals surface area contributed by atoms with E-state index in [1.54, 1.807) is 0 Å². The molecule has 2 N–H and O–H groups in total. The van der Waals surface area contributed by atoms with Crippen LogP contribution in [0.1, 0.15) is 0 Å². The summed E-state index contributed by atoms with van der Waals surface area (Å²) >= 11 is 0. The number of nitrogens with two attached hydrogens (primary N) is 1. The normalized spacial score (nSPS) is 7.20. The van der Waals surface area contributed by atoms with Gasteiger partial charge in [-0.1, -0.05) is 0 Å². The van der Waals surface area contributed by atoms with E-state index in [2.05, 4.69) is 9.93 Å². The average molecular weight is 92.0 g/mol. The monoisotopic (exact) mass is 92.0 g/mol. The second-order valence-corrected chi connectivity index (χ2v) is 0.676. The van der Waals surface area contributed by atoms with Crippen molar-refractivity contribution in [2.24, 2.45) is 0 Å². The van der Waals surface area contributed by atoms with E-state index in [1.165, 1.54) is 0 Å². The van der Waals surface area contributed by atoms with Gasteiger partial charge in [-0.05, 0) is 0 Å². The molecule has 0 spiro atoms. The van der Waals surface area contributed by atoms with E-state index in [0.29, 0.717) is 0 Å². The summed E-state index contributed by atoms with van der Waals surface area (Å²) in [7, 11) is -0.401. The lowest BCUT2D eigenvalue weighted by molar-refractivity contribution is -0.119. The van der Waals surface area contributed by atoms with E-state index < -0.39 is 8.69 Å². The maximum absolute atomic E-state index is 9.17. The Morgan fingerprint density at radius 3 is 2.60 bits per heavy atom. The SMILES string of the molecule is [NH2+]=COP=O. The lowest BCUT2D eigenvalue weighted by Crippen LogP contribution is -2.29. The first kappa shape index (κ1) is 4.57. The first-order valence-corrected chi connectivity index (χ1v) is 1.66. The van der Waals surface area contributed by atoms with Gasteiger partial charge in [0.1, 0.15) is 0 Å². The van der Waals surface area contributed by atoms with Crippen LogP contribution in [0.15, 0.2) is 0 Å². The summed E-state index contributed by atoms with van der Waals surface area (Å²) in [5.41, 5.74) is 0. The van der Waals surface area contributed by atoms with Gasteiger partial charge in [-0.15, -0.1) is 0 Å². The lowest BCUT2D eigenvalue weighted by Gasteiger charge is -1.60. The van der Waals surface area contributed by atoms with Crippen molar-refractivity contribution in [3.8, 4) is 0 Å². The highest BCUT2D eigenvalue weighted by Gasteiger charge is 1.64. The van der Waals surface area contributed by atoms with Crippen LogP contribution >= 0.6 is 8.69 Å². The quantitative estimate of drug-likeness (QED) is 0.270. The predicted molar refractivity (Wildman–Crippen MR) is 16.7 cm³/mol. The summed E-state index contributed by atoms with van der Waals surface area (Å²) in [4.78, 5) is 0. The zero-order valence-corrected chi connectivity index (χ0v) is 3.31. The zero-order chi connectivity index (χ0) is 4.12. The highest BCUT2D eigenvalue weighted by Crippen LogP contribution is 1.83. The molecule has 0 bridgehead atoms. The number of rotatable bonds is 2. The molecule has 5 heavy (non-hydrogen) atoms. The van der Waals surface area contributed by atoms with Crippen LogP contribution in [0.5, 0.6) is 0 Å². The first-order valence-electron chi connectivity index (χ1n) is 0.934. The fourth-order valence-electron chi connectivity index (χ4n) is 0.0248. The second kappa shape index (κ2) is 3.57. The molecule has 0 rings (SSSR count). The summed E-state index contributed by atoms with van der Waals surface area (Å²) in [5.74, 6) is 0. The third kappa shape index (κ3) is 3.57. The first-order chi connectivity index (χ1) is 2.41. The maximum Gasteiger partial charge on any atom is 0.399 e. The third-order valence-electron chi connectivity index (χ3n) is 0.104. The van der Waals surface area contributed by atoms with Crippen molar-refractivity contribution in [1.82, 2.24) is 0 Å². The molecular formula is CH3NO2P+. The average Bonchev–Trinajstić information content (AvgIpc) is 1.41. The molecule has 4 heteroatoms. The van der Waals surface area contributed by atoms with Gasteiger partial charge in [-0.3, -0.25) is 0 Å². The van der Waals surface area contributed by atoms with Gasteiger partial charge in [0.05, 0.1) is 0 Å². The molecule has 0 amide bonds. The minimum absolute atomic E-state index is 0.401. The van der Waals surface area contributed by atoms with Gasteiger partial charge in [-0.2, -0.15) is 0 Å². The number of hydrogen-bond acceptors (Lipinski definition) is 2. The van der Waals surface area contributed by atoms with E-state index in [-0.39, 0.29) is 0 Å². The van der Waals surface area contributed by atoms with Gasteiger partial charge >= 0.3 is 15.1 Å². The molecule has 0 saturated carbocycles. The Bertz CT molecular complexity index is 38.9. The van der Waals surface area contributed by atoms with Crippen molar-refractivity contribution in [1.29, 1.82) is 0 Å². The van der Waals surface area contributed by atoms with Gasteiger partial charge in [0.25, 0.3) is 0 Å². The topological polar surface area (TPSA) is 51.9 Å². The molecule has 0 aliphatic heterocycles. The van der Waals surface area contributed by atoms with Crippen LogP contribution in [0.4, 0.5) is 0 Å². The fraction of sp³-hybridized carbons (Fsp3) is 0. The molecule has 3 nitrogen and oxygen atoms in total. The minimum atomic E-state index is -0.401. The van der Waals surface area contributed by atoms with E-state index >= 15 is 0 Å². The van der Waals surface area contributed by atoms with Crippen LogP contribution in [0.2, 0.25) is 0 Å². The predicted octanol–water partition coefficient (Wildman–Crippen LogP) is -1.00. The Kier molecular flexibility index (Phi) is 3.26. The van der Waals surface area contributed by atoms with Crippen LogP contribution in [0.25, 0.3) is 0 Å². The van der Waals surface area contributed by atoms with Crippen LogP contribution in [-0.2, 0) is 9.09 Å². The van der Waals surface area contributed by atoms with Crippen molar-refractivity contribution in [2.75, 3.05) is 0 Å². The van der Waals surface area contributed by atoms with E-state index in [9.17, 15) is 0 Å². The molecule has 0 unspecified atom stereocenters. The minimum Gasteiger partial charge on any atom is -0.357 e. The van der Waals surface area contributed by atoms with Crippen LogP contribution < -0.4 is 5.41 Å². The maximum atomic E-state index is 9.17. The van der Waals surface area contributed by atoms with Crippen LogP contribution in [0.3, 0.4) is 0 Å². The van der Waals surface area contributed by atoms with Crippen molar-refractivity contribution < 1.29 is 14.5 Å². The van der Waals surface area contributed by atoms with Gasteiger partial charge in [0, 0.05) is 0 Å². The van der Waals surface area contributed by atoms with Gasteiger partial charge < -0.3 is 4.52 Å². The largest absolute Gasteiger partial charge is 0.399 e. The summed E-state index contributed by atoms with van der Waals surface area (Å²) in [5, 5.41) is 4.58. The Morgan fingerprint density at radius 2 is 2.60 bits per heavy atom. The molecule has 0 fully saturated rings. The van der Waals surface area contributed by atoms with E-state index in [4.69, 9.17) is 4.57 Å². The Balaban J connectivity index is 2.65. The molecule has 0 aromatic heterocycles. The van der Waals surface area contributed by atoms with Crippen molar-refractivity contribution in [3.05, 3.63) is 0 Å². The van der Waals surface area contributed by atoms with Gasteiger partial charge in [0.2, 0.25) is 0 Å². The van der Waals surface area contributed by atoms with Crippen molar-refractivity contribution >= 4 is 15.1 Å².